The van der Waals surface area contributed by atoms with E-state index in [2.05, 4.69) is 21.4 Å². The summed E-state index contributed by atoms with van der Waals surface area (Å²) in [5.74, 6) is 2.87. The topological polar surface area (TPSA) is 75.9 Å². The van der Waals surface area contributed by atoms with E-state index in [9.17, 15) is 0 Å². The predicted octanol–water partition coefficient (Wildman–Crippen LogP) is 2.57. The van der Waals surface area contributed by atoms with Crippen LogP contribution in [0.15, 0.2) is 50.8 Å². The second kappa shape index (κ2) is 3.96. The van der Waals surface area contributed by atoms with Crippen molar-refractivity contribution in [2.45, 2.75) is 18.9 Å². The molecule has 20 heavy (non-hydrogen) atoms. The van der Waals surface area contributed by atoms with Crippen LogP contribution in [-0.4, -0.2) is 11.8 Å². The van der Waals surface area contributed by atoms with Gasteiger partial charge in [-0.3, -0.25) is 0 Å². The monoisotopic (exact) mass is 266 g/mol. The number of nitrogens with one attached hydrogen (secondary N) is 1. The second-order valence-corrected chi connectivity index (χ2v) is 5.07. The van der Waals surface area contributed by atoms with Crippen LogP contribution in [0.5, 0.6) is 0 Å². The van der Waals surface area contributed by atoms with Crippen LogP contribution in [0.4, 0.5) is 5.69 Å². The van der Waals surface area contributed by atoms with E-state index in [0.29, 0.717) is 0 Å². The van der Waals surface area contributed by atoms with E-state index in [1.165, 1.54) is 5.56 Å². The highest BCUT2D eigenvalue weighted by atomic mass is 16.3. The normalized spacial score (nSPS) is 23.4. The Kier molecular flexibility index (Phi) is 2.24. The van der Waals surface area contributed by atoms with Gasteiger partial charge in [0, 0.05) is 5.69 Å². The van der Waals surface area contributed by atoms with E-state index in [1.54, 1.807) is 0 Å². The van der Waals surface area contributed by atoms with Crippen molar-refractivity contribution in [3.63, 3.8) is 0 Å². The van der Waals surface area contributed by atoms with E-state index in [1.807, 2.05) is 37.3 Å². The molecule has 2 atom stereocenters. The molecule has 0 spiro atoms. The van der Waals surface area contributed by atoms with E-state index >= 15 is 0 Å². The molecule has 3 N–H and O–H groups in total. The third kappa shape index (κ3) is 1.56. The van der Waals surface area contributed by atoms with Crippen LogP contribution in [0, 0.1) is 6.92 Å². The Balaban J connectivity index is 1.85. The first kappa shape index (κ1) is 11.3. The molecule has 0 radical (unpaired) electrons. The standard InChI is InChI=1S/C15H14N4O/c1-8-6-7-11(20-8)13-12-9-4-2-3-5-10(9)17-14(12)19-15(16)18-13/h2-7,12-13H,1H3,(H3,16,17,18,19)/t12-,13-/m0/s1. The summed E-state index contributed by atoms with van der Waals surface area (Å²) in [4.78, 5) is 8.81. The first-order chi connectivity index (χ1) is 9.72. The summed E-state index contributed by atoms with van der Waals surface area (Å²) in [6.45, 7) is 1.93. The Morgan fingerprint density at radius 2 is 2.05 bits per heavy atom. The van der Waals surface area contributed by atoms with Gasteiger partial charge in [0.25, 0.3) is 0 Å². The molecule has 5 nitrogen and oxygen atoms in total. The van der Waals surface area contributed by atoms with E-state index in [0.717, 1.165) is 23.0 Å². The molecular formula is C15H14N4O. The van der Waals surface area contributed by atoms with Crippen LogP contribution in [-0.2, 0) is 0 Å². The number of benzene rings is 1. The molecule has 1 aromatic heterocycles. The highest BCUT2D eigenvalue weighted by molar-refractivity contribution is 6.12. The summed E-state index contributed by atoms with van der Waals surface area (Å²) in [7, 11) is 0. The number of hydrogen-bond acceptors (Lipinski definition) is 5. The zero-order valence-corrected chi connectivity index (χ0v) is 11.0. The number of aryl methyl sites for hydroxylation is 1. The summed E-state index contributed by atoms with van der Waals surface area (Å²) in [5, 5.41) is 3.32. The molecule has 0 aliphatic carbocycles. The zero-order chi connectivity index (χ0) is 13.7. The molecule has 2 aromatic rings. The molecule has 0 bridgehead atoms. The van der Waals surface area contributed by atoms with Gasteiger partial charge in [0.15, 0.2) is 0 Å². The number of aliphatic imine (C=N–C) groups is 2. The molecule has 0 saturated heterocycles. The molecule has 0 amide bonds. The average molecular weight is 266 g/mol. The smallest absolute Gasteiger partial charge is 0.217 e. The largest absolute Gasteiger partial charge is 0.464 e. The molecule has 5 heteroatoms. The van der Waals surface area contributed by atoms with Crippen molar-refractivity contribution in [1.82, 2.24) is 0 Å². The fraction of sp³-hybridized carbons (Fsp3) is 0.200. The SMILES string of the molecule is Cc1ccc([C@@H]2N=C(N)N=C3Nc4ccccc4[C@H]32)o1. The third-order valence-electron chi connectivity index (χ3n) is 3.73. The lowest BCUT2D eigenvalue weighted by molar-refractivity contribution is 0.437. The lowest BCUT2D eigenvalue weighted by atomic mass is 9.90. The minimum absolute atomic E-state index is 0.0454. The minimum atomic E-state index is -0.160. The van der Waals surface area contributed by atoms with Crippen LogP contribution in [0.1, 0.15) is 29.0 Å². The van der Waals surface area contributed by atoms with Crippen LogP contribution in [0.2, 0.25) is 0 Å². The molecule has 4 rings (SSSR count). The summed E-state index contributed by atoms with van der Waals surface area (Å²) in [6.07, 6.45) is 0. The third-order valence-corrected chi connectivity index (χ3v) is 3.73. The van der Waals surface area contributed by atoms with Crippen molar-refractivity contribution in [3.8, 4) is 0 Å². The van der Waals surface area contributed by atoms with Crippen molar-refractivity contribution in [3.05, 3.63) is 53.5 Å². The lowest BCUT2D eigenvalue weighted by Gasteiger charge is -2.22. The highest BCUT2D eigenvalue weighted by Gasteiger charge is 2.39. The Morgan fingerprint density at radius 1 is 1.20 bits per heavy atom. The minimum Gasteiger partial charge on any atom is -0.464 e. The Hall–Kier alpha value is -2.56. The first-order valence-electron chi connectivity index (χ1n) is 6.56. The number of nitrogens with two attached hydrogens (primary N) is 1. The number of nitrogens with zero attached hydrogens (tertiary/aromatic N) is 2. The van der Waals surface area contributed by atoms with Gasteiger partial charge in [0.2, 0.25) is 5.96 Å². The van der Waals surface area contributed by atoms with Gasteiger partial charge in [0.05, 0.1) is 5.92 Å². The number of para-hydroxylation sites is 1. The maximum absolute atomic E-state index is 5.84. The second-order valence-electron chi connectivity index (χ2n) is 5.07. The van der Waals surface area contributed by atoms with Gasteiger partial charge >= 0.3 is 0 Å². The lowest BCUT2D eigenvalue weighted by Crippen LogP contribution is -2.28. The molecule has 0 unspecified atom stereocenters. The molecule has 1 aromatic carbocycles. The fourth-order valence-corrected chi connectivity index (χ4v) is 2.87. The molecule has 0 saturated carbocycles. The van der Waals surface area contributed by atoms with Crippen molar-refractivity contribution in [2.24, 2.45) is 15.7 Å². The summed E-state index contributed by atoms with van der Waals surface area (Å²) >= 11 is 0. The molecule has 100 valence electrons. The Morgan fingerprint density at radius 3 is 2.85 bits per heavy atom. The van der Waals surface area contributed by atoms with Crippen molar-refractivity contribution >= 4 is 17.5 Å². The van der Waals surface area contributed by atoms with Crippen molar-refractivity contribution in [2.75, 3.05) is 5.32 Å². The van der Waals surface area contributed by atoms with Gasteiger partial charge in [-0.05, 0) is 30.7 Å². The maximum Gasteiger partial charge on any atom is 0.217 e. The van der Waals surface area contributed by atoms with Crippen LogP contribution < -0.4 is 11.1 Å². The van der Waals surface area contributed by atoms with Crippen molar-refractivity contribution in [1.29, 1.82) is 0 Å². The quantitative estimate of drug-likeness (QED) is 0.832. The zero-order valence-electron chi connectivity index (χ0n) is 11.0. The van der Waals surface area contributed by atoms with Gasteiger partial charge in [-0.25, -0.2) is 4.99 Å². The van der Waals surface area contributed by atoms with E-state index in [4.69, 9.17) is 10.2 Å². The molecular weight excluding hydrogens is 252 g/mol. The number of hydrogen-bond donors (Lipinski definition) is 2. The van der Waals surface area contributed by atoms with Crippen LogP contribution >= 0.6 is 0 Å². The summed E-state index contributed by atoms with van der Waals surface area (Å²) < 4.78 is 5.75. The van der Waals surface area contributed by atoms with E-state index < -0.39 is 0 Å². The number of amidine groups is 1. The Bertz CT molecular complexity index is 744. The number of guanidine groups is 1. The maximum atomic E-state index is 5.84. The summed E-state index contributed by atoms with van der Waals surface area (Å²) in [5.41, 5.74) is 8.09. The van der Waals surface area contributed by atoms with Crippen molar-refractivity contribution < 1.29 is 4.42 Å². The first-order valence-corrected chi connectivity index (χ1v) is 6.56. The molecule has 3 heterocycles. The number of rotatable bonds is 1. The van der Waals surface area contributed by atoms with Crippen LogP contribution in [0.3, 0.4) is 0 Å². The number of furan rings is 1. The Labute approximate surface area is 116 Å². The molecule has 2 aliphatic rings. The van der Waals surface area contributed by atoms with Gasteiger partial charge < -0.3 is 15.5 Å². The van der Waals surface area contributed by atoms with Crippen LogP contribution in [0.25, 0.3) is 0 Å². The van der Waals surface area contributed by atoms with E-state index in [-0.39, 0.29) is 17.9 Å². The highest BCUT2D eigenvalue weighted by Crippen LogP contribution is 2.44. The van der Waals surface area contributed by atoms with Gasteiger partial charge in [-0.2, -0.15) is 4.99 Å². The average Bonchev–Trinajstić information content (AvgIpc) is 3.00. The van der Waals surface area contributed by atoms with Gasteiger partial charge in [-0.1, -0.05) is 18.2 Å². The number of anilines is 1. The summed E-state index contributed by atoms with van der Waals surface area (Å²) in [6, 6.07) is 11.9. The van der Waals surface area contributed by atoms with Gasteiger partial charge in [0.1, 0.15) is 23.4 Å². The fourth-order valence-electron chi connectivity index (χ4n) is 2.87. The predicted molar refractivity (Wildman–Crippen MR) is 78.0 cm³/mol. The number of fused-ring (bicyclic) bond motifs is 3. The van der Waals surface area contributed by atoms with Gasteiger partial charge in [-0.15, -0.1) is 0 Å². The molecule has 0 fully saturated rings. The molecule has 2 aliphatic heterocycles.